The molecule has 0 saturated heterocycles. The van der Waals surface area contributed by atoms with Crippen LogP contribution in [0.1, 0.15) is 5.56 Å². The first-order valence-electron chi connectivity index (χ1n) is 7.07. The minimum absolute atomic E-state index is 0.0387. The van der Waals surface area contributed by atoms with Gasteiger partial charge < -0.3 is 4.42 Å². The predicted octanol–water partition coefficient (Wildman–Crippen LogP) is 2.29. The standard InChI is InChI=1S/C14H11BrClN3O6S2/c1-6-2-3-7(4-10(6)26(17,21)22)19-27(23,24)13-8(15)5-9-12(11(13)16)25-14(20)18-9/h2-5,19H,1H3,(H,18,20)(H2,17,21,22). The van der Waals surface area contributed by atoms with E-state index in [1.54, 1.807) is 0 Å². The molecule has 0 spiro atoms. The summed E-state index contributed by atoms with van der Waals surface area (Å²) < 4.78 is 56.0. The Morgan fingerprint density at radius 3 is 2.52 bits per heavy atom. The van der Waals surface area contributed by atoms with E-state index in [0.29, 0.717) is 5.56 Å². The molecule has 0 atom stereocenters. The van der Waals surface area contributed by atoms with Gasteiger partial charge in [0.05, 0.1) is 16.1 Å². The highest BCUT2D eigenvalue weighted by atomic mass is 79.9. The molecule has 0 fully saturated rings. The molecule has 0 aliphatic carbocycles. The molecule has 0 radical (unpaired) electrons. The van der Waals surface area contributed by atoms with Crippen molar-refractivity contribution in [3.8, 4) is 0 Å². The molecule has 27 heavy (non-hydrogen) atoms. The molecule has 3 aromatic rings. The number of aryl methyl sites for hydroxylation is 1. The Labute approximate surface area is 166 Å². The van der Waals surface area contributed by atoms with Crippen LogP contribution >= 0.6 is 27.5 Å². The molecule has 0 amide bonds. The maximum absolute atomic E-state index is 12.8. The van der Waals surface area contributed by atoms with E-state index in [4.69, 9.17) is 21.2 Å². The molecule has 1 aromatic heterocycles. The second kappa shape index (κ2) is 6.63. The van der Waals surface area contributed by atoms with Crippen LogP contribution in [0.5, 0.6) is 0 Å². The quantitative estimate of drug-likeness (QED) is 0.504. The number of fused-ring (bicyclic) bond motifs is 1. The summed E-state index contributed by atoms with van der Waals surface area (Å²) in [4.78, 5) is 13.1. The van der Waals surface area contributed by atoms with Crippen molar-refractivity contribution in [1.29, 1.82) is 0 Å². The van der Waals surface area contributed by atoms with Crippen molar-refractivity contribution in [2.45, 2.75) is 16.7 Å². The molecule has 0 aliphatic heterocycles. The summed E-state index contributed by atoms with van der Waals surface area (Å²) in [6.45, 7) is 1.52. The smallest absolute Gasteiger partial charge is 0.406 e. The summed E-state index contributed by atoms with van der Waals surface area (Å²) in [5.74, 6) is -0.794. The zero-order valence-corrected chi connectivity index (χ0v) is 17.4. The number of benzene rings is 2. The summed E-state index contributed by atoms with van der Waals surface area (Å²) in [6, 6.07) is 5.20. The van der Waals surface area contributed by atoms with Gasteiger partial charge in [-0.05, 0) is 46.6 Å². The van der Waals surface area contributed by atoms with Crippen LogP contribution in [0.25, 0.3) is 11.1 Å². The third-order valence-electron chi connectivity index (χ3n) is 3.58. The number of hydrogen-bond acceptors (Lipinski definition) is 6. The zero-order valence-electron chi connectivity index (χ0n) is 13.4. The molecule has 1 heterocycles. The second-order valence-electron chi connectivity index (χ2n) is 5.52. The highest BCUT2D eigenvalue weighted by Gasteiger charge is 2.26. The van der Waals surface area contributed by atoms with Crippen molar-refractivity contribution in [3.63, 3.8) is 0 Å². The lowest BCUT2D eigenvalue weighted by atomic mass is 10.2. The number of nitrogens with one attached hydrogen (secondary N) is 2. The number of H-pyrrole nitrogens is 1. The summed E-state index contributed by atoms with van der Waals surface area (Å²) >= 11 is 9.22. The van der Waals surface area contributed by atoms with Gasteiger partial charge in [-0.2, -0.15) is 0 Å². The largest absolute Gasteiger partial charge is 0.417 e. The summed E-state index contributed by atoms with van der Waals surface area (Å²) in [5, 5.41) is 4.82. The van der Waals surface area contributed by atoms with Crippen LogP contribution in [0.3, 0.4) is 0 Å². The Kier molecular flexibility index (Phi) is 4.89. The number of primary sulfonamides is 1. The molecule has 2 aromatic carbocycles. The van der Waals surface area contributed by atoms with Gasteiger partial charge in [-0.25, -0.2) is 26.8 Å². The second-order valence-corrected chi connectivity index (χ2v) is 9.90. The fourth-order valence-electron chi connectivity index (χ4n) is 2.43. The topological polar surface area (TPSA) is 152 Å². The minimum Gasteiger partial charge on any atom is -0.406 e. The van der Waals surface area contributed by atoms with Gasteiger partial charge in [-0.3, -0.25) is 9.71 Å². The number of oxazole rings is 1. The third-order valence-corrected chi connectivity index (χ3v) is 7.46. The molecule has 144 valence electrons. The van der Waals surface area contributed by atoms with Crippen LogP contribution in [0.2, 0.25) is 5.02 Å². The van der Waals surface area contributed by atoms with Crippen molar-refractivity contribution in [2.24, 2.45) is 5.14 Å². The molecule has 0 saturated carbocycles. The van der Waals surface area contributed by atoms with Gasteiger partial charge >= 0.3 is 5.76 Å². The van der Waals surface area contributed by atoms with Crippen LogP contribution in [-0.2, 0) is 20.0 Å². The number of aromatic nitrogens is 1. The molecule has 13 heteroatoms. The summed E-state index contributed by atoms with van der Waals surface area (Å²) in [5.41, 5.74) is 0.403. The van der Waals surface area contributed by atoms with Crippen LogP contribution in [0, 0.1) is 6.92 Å². The van der Waals surface area contributed by atoms with E-state index in [2.05, 4.69) is 25.6 Å². The van der Waals surface area contributed by atoms with Gasteiger partial charge in [0.1, 0.15) is 9.92 Å². The summed E-state index contributed by atoms with van der Waals surface area (Å²) in [7, 11) is -8.31. The van der Waals surface area contributed by atoms with E-state index < -0.39 is 25.8 Å². The van der Waals surface area contributed by atoms with Gasteiger partial charge in [0, 0.05) is 4.47 Å². The third kappa shape index (κ3) is 3.75. The van der Waals surface area contributed by atoms with Crippen LogP contribution in [-0.4, -0.2) is 21.8 Å². The number of rotatable bonds is 4. The number of anilines is 1. The Balaban J connectivity index is 2.14. The minimum atomic E-state index is -4.27. The van der Waals surface area contributed by atoms with Crippen molar-refractivity contribution in [1.82, 2.24) is 4.98 Å². The van der Waals surface area contributed by atoms with E-state index >= 15 is 0 Å². The number of aromatic amines is 1. The lowest BCUT2D eigenvalue weighted by Crippen LogP contribution is -2.17. The molecule has 3 rings (SSSR count). The van der Waals surface area contributed by atoms with E-state index in [0.717, 1.165) is 6.07 Å². The molecular weight excluding hydrogens is 486 g/mol. The maximum atomic E-state index is 12.8. The van der Waals surface area contributed by atoms with E-state index in [-0.39, 0.29) is 36.1 Å². The van der Waals surface area contributed by atoms with E-state index in [1.165, 1.54) is 25.1 Å². The highest BCUT2D eigenvalue weighted by Crippen LogP contribution is 2.36. The molecular formula is C14H11BrClN3O6S2. The highest BCUT2D eigenvalue weighted by molar-refractivity contribution is 9.10. The van der Waals surface area contributed by atoms with E-state index in [9.17, 15) is 21.6 Å². The lowest BCUT2D eigenvalue weighted by Gasteiger charge is -2.13. The Morgan fingerprint density at radius 2 is 1.89 bits per heavy atom. The van der Waals surface area contributed by atoms with Crippen LogP contribution in [0.15, 0.2) is 47.7 Å². The molecule has 4 N–H and O–H groups in total. The normalized spacial score (nSPS) is 12.4. The Bertz CT molecular complexity index is 1350. The van der Waals surface area contributed by atoms with Crippen LogP contribution in [0.4, 0.5) is 5.69 Å². The lowest BCUT2D eigenvalue weighted by molar-refractivity contribution is 0.554. The molecule has 0 aliphatic rings. The van der Waals surface area contributed by atoms with Gasteiger partial charge in [-0.15, -0.1) is 0 Å². The van der Waals surface area contributed by atoms with Crippen LogP contribution < -0.4 is 15.6 Å². The monoisotopic (exact) mass is 495 g/mol. The average Bonchev–Trinajstić information content (AvgIpc) is 2.88. The number of halogens is 2. The number of sulfonamides is 2. The van der Waals surface area contributed by atoms with Crippen molar-refractivity contribution in [3.05, 3.63) is 49.9 Å². The van der Waals surface area contributed by atoms with Crippen molar-refractivity contribution < 1.29 is 21.3 Å². The zero-order chi connectivity index (χ0) is 20.1. The van der Waals surface area contributed by atoms with Gasteiger partial charge in [0.2, 0.25) is 10.0 Å². The first-order valence-corrected chi connectivity index (χ1v) is 11.3. The van der Waals surface area contributed by atoms with Crippen molar-refractivity contribution in [2.75, 3.05) is 4.72 Å². The SMILES string of the molecule is Cc1ccc(NS(=O)(=O)c2c(Br)cc3[nH]c(=O)oc3c2Cl)cc1S(N)(=O)=O. The Hall–Kier alpha value is -1.86. The first kappa shape index (κ1) is 19.9. The summed E-state index contributed by atoms with van der Waals surface area (Å²) in [6.07, 6.45) is 0. The van der Waals surface area contributed by atoms with Gasteiger partial charge in [0.15, 0.2) is 5.58 Å². The molecule has 0 unspecified atom stereocenters. The Morgan fingerprint density at radius 1 is 1.22 bits per heavy atom. The average molecular weight is 497 g/mol. The van der Waals surface area contributed by atoms with Gasteiger partial charge in [-0.1, -0.05) is 17.7 Å². The maximum Gasteiger partial charge on any atom is 0.417 e. The van der Waals surface area contributed by atoms with E-state index in [1.807, 2.05) is 0 Å². The number of hydrogen-bond donors (Lipinski definition) is 3. The van der Waals surface area contributed by atoms with Gasteiger partial charge in [0.25, 0.3) is 10.0 Å². The first-order chi connectivity index (χ1) is 12.4. The fourth-order valence-corrected chi connectivity index (χ4v) is 6.15. The molecule has 0 bridgehead atoms. The molecule has 9 nitrogen and oxygen atoms in total. The fraction of sp³-hybridized carbons (Fsp3) is 0.0714. The number of nitrogens with two attached hydrogens (primary N) is 1. The van der Waals surface area contributed by atoms with Crippen molar-refractivity contribution >= 4 is 64.4 Å². The predicted molar refractivity (Wildman–Crippen MR) is 103 cm³/mol.